The van der Waals surface area contributed by atoms with Crippen LogP contribution in [0.4, 0.5) is 13.2 Å². The van der Waals surface area contributed by atoms with Crippen molar-refractivity contribution in [1.29, 1.82) is 5.26 Å². The molecular formula is C22H16F3N7O2S. The van der Waals surface area contributed by atoms with Crippen LogP contribution in [0.25, 0.3) is 34.3 Å². The lowest BCUT2D eigenvalue weighted by Crippen LogP contribution is -2.10. The number of halogens is 3. The summed E-state index contributed by atoms with van der Waals surface area (Å²) in [4.78, 5) is 12.3. The molecule has 0 aromatic carbocycles. The maximum atomic E-state index is 13.1. The fourth-order valence-corrected chi connectivity index (χ4v) is 4.32. The van der Waals surface area contributed by atoms with Gasteiger partial charge in [0.15, 0.2) is 21.5 Å². The van der Waals surface area contributed by atoms with Crippen LogP contribution >= 0.6 is 0 Å². The molecule has 9 nitrogen and oxygen atoms in total. The summed E-state index contributed by atoms with van der Waals surface area (Å²) in [5, 5.41) is 16.9. The molecule has 0 saturated carbocycles. The van der Waals surface area contributed by atoms with Crippen LogP contribution in [0.2, 0.25) is 0 Å². The number of pyridine rings is 3. The lowest BCUT2D eigenvalue weighted by molar-refractivity contribution is -0.137. The van der Waals surface area contributed by atoms with Crippen molar-refractivity contribution in [3.63, 3.8) is 0 Å². The molecule has 0 spiro atoms. The molecule has 35 heavy (non-hydrogen) atoms. The SMILES string of the molecule is CCS(=O)(=O)c1cc(-c2ccc(C#N)cn2)cnc1-c1nnc(-c2cc(C(F)(F)F)ccn2)n1C. The molecule has 0 aliphatic carbocycles. The predicted molar refractivity (Wildman–Crippen MR) is 118 cm³/mol. The van der Waals surface area contributed by atoms with Gasteiger partial charge in [-0.25, -0.2) is 8.42 Å². The number of sulfone groups is 1. The molecule has 4 rings (SSSR count). The Bertz CT molecular complexity index is 1560. The van der Waals surface area contributed by atoms with Crippen LogP contribution in [0.3, 0.4) is 0 Å². The van der Waals surface area contributed by atoms with Gasteiger partial charge < -0.3 is 4.57 Å². The van der Waals surface area contributed by atoms with E-state index in [1.165, 1.54) is 37.0 Å². The van der Waals surface area contributed by atoms with Crippen LogP contribution in [-0.4, -0.2) is 43.9 Å². The zero-order valence-electron chi connectivity index (χ0n) is 18.3. The first-order chi connectivity index (χ1) is 16.5. The molecule has 13 heteroatoms. The Morgan fingerprint density at radius 3 is 2.37 bits per heavy atom. The topological polar surface area (TPSA) is 127 Å². The smallest absolute Gasteiger partial charge is 0.307 e. The van der Waals surface area contributed by atoms with Gasteiger partial charge in [0.05, 0.1) is 27.5 Å². The van der Waals surface area contributed by atoms with Gasteiger partial charge in [-0.3, -0.25) is 15.0 Å². The molecule has 178 valence electrons. The van der Waals surface area contributed by atoms with E-state index < -0.39 is 21.6 Å². The van der Waals surface area contributed by atoms with Gasteiger partial charge in [0, 0.05) is 31.2 Å². The number of aromatic nitrogens is 6. The van der Waals surface area contributed by atoms with Crippen LogP contribution in [-0.2, 0) is 23.1 Å². The summed E-state index contributed by atoms with van der Waals surface area (Å²) in [5.41, 5.74) is 0.139. The van der Waals surface area contributed by atoms with E-state index in [4.69, 9.17) is 5.26 Å². The third-order valence-corrected chi connectivity index (χ3v) is 6.90. The van der Waals surface area contributed by atoms with E-state index in [2.05, 4.69) is 25.1 Å². The van der Waals surface area contributed by atoms with Gasteiger partial charge in [-0.1, -0.05) is 6.92 Å². The number of hydrogen-bond donors (Lipinski definition) is 0. The van der Waals surface area contributed by atoms with Gasteiger partial charge in [0.2, 0.25) is 0 Å². The zero-order chi connectivity index (χ0) is 25.4. The Kier molecular flexibility index (Phi) is 6.08. The monoisotopic (exact) mass is 499 g/mol. The first-order valence-corrected chi connectivity index (χ1v) is 11.7. The van der Waals surface area contributed by atoms with Crippen LogP contribution in [0, 0.1) is 11.3 Å². The standard InChI is InChI=1S/C22H16F3N7O2S/c1-3-35(33,34)18-8-14(16-5-4-13(10-26)11-28-16)12-29-19(18)21-31-30-20(32(21)2)17-9-15(6-7-27-17)22(23,24)25/h4-9,11-12H,3H2,1-2H3. The Morgan fingerprint density at radius 2 is 1.74 bits per heavy atom. The maximum Gasteiger partial charge on any atom is 0.416 e. The summed E-state index contributed by atoms with van der Waals surface area (Å²) in [6.07, 6.45) is -0.807. The summed E-state index contributed by atoms with van der Waals surface area (Å²) in [5.74, 6) is -0.192. The summed E-state index contributed by atoms with van der Waals surface area (Å²) < 4.78 is 66.6. The second kappa shape index (κ2) is 8.88. The fourth-order valence-electron chi connectivity index (χ4n) is 3.26. The van der Waals surface area contributed by atoms with Crippen molar-refractivity contribution in [3.8, 4) is 40.4 Å². The van der Waals surface area contributed by atoms with E-state index in [1.807, 2.05) is 6.07 Å². The number of alkyl halides is 3. The minimum absolute atomic E-state index is 0.00517. The maximum absolute atomic E-state index is 13.1. The van der Waals surface area contributed by atoms with Gasteiger partial charge in [0.1, 0.15) is 17.5 Å². The molecule has 0 unspecified atom stereocenters. The third kappa shape index (κ3) is 4.60. The zero-order valence-corrected chi connectivity index (χ0v) is 19.1. The summed E-state index contributed by atoms with van der Waals surface area (Å²) >= 11 is 0. The van der Waals surface area contributed by atoms with E-state index in [9.17, 15) is 21.6 Å². The molecule has 0 bridgehead atoms. The van der Waals surface area contributed by atoms with Crippen molar-refractivity contribution in [2.24, 2.45) is 7.05 Å². The van der Waals surface area contributed by atoms with E-state index >= 15 is 0 Å². The van der Waals surface area contributed by atoms with E-state index in [-0.39, 0.29) is 33.7 Å². The average molecular weight is 499 g/mol. The van der Waals surface area contributed by atoms with Crippen molar-refractivity contribution in [2.75, 3.05) is 5.75 Å². The van der Waals surface area contributed by atoms with E-state index in [1.54, 1.807) is 12.1 Å². The molecule has 4 heterocycles. The van der Waals surface area contributed by atoms with Gasteiger partial charge in [-0.2, -0.15) is 18.4 Å². The Labute approximate surface area is 197 Å². The minimum Gasteiger partial charge on any atom is -0.307 e. The van der Waals surface area contributed by atoms with Crippen molar-refractivity contribution in [1.82, 2.24) is 29.7 Å². The highest BCUT2D eigenvalue weighted by atomic mass is 32.2. The number of nitriles is 1. The van der Waals surface area contributed by atoms with Crippen molar-refractivity contribution < 1.29 is 21.6 Å². The van der Waals surface area contributed by atoms with E-state index in [0.29, 0.717) is 16.8 Å². The Balaban J connectivity index is 1.85. The second-order valence-electron chi connectivity index (χ2n) is 7.35. The van der Waals surface area contributed by atoms with Gasteiger partial charge >= 0.3 is 6.18 Å². The minimum atomic E-state index is -4.57. The molecule has 4 aromatic rings. The second-order valence-corrected chi connectivity index (χ2v) is 9.60. The first-order valence-electron chi connectivity index (χ1n) is 10.1. The van der Waals surface area contributed by atoms with Crippen molar-refractivity contribution in [3.05, 3.63) is 60.0 Å². The van der Waals surface area contributed by atoms with Crippen molar-refractivity contribution >= 4 is 9.84 Å². The molecule has 0 fully saturated rings. The molecule has 4 aromatic heterocycles. The van der Waals surface area contributed by atoms with Crippen LogP contribution in [0.5, 0.6) is 0 Å². The summed E-state index contributed by atoms with van der Waals surface area (Å²) in [6.45, 7) is 1.47. The van der Waals surface area contributed by atoms with Crippen LogP contribution in [0.15, 0.2) is 53.8 Å². The molecule has 0 aliphatic rings. The third-order valence-electron chi connectivity index (χ3n) is 5.16. The lowest BCUT2D eigenvalue weighted by atomic mass is 10.1. The highest BCUT2D eigenvalue weighted by Gasteiger charge is 2.31. The Hall–Kier alpha value is -4.18. The molecule has 0 atom stereocenters. The van der Waals surface area contributed by atoms with Gasteiger partial charge in [-0.05, 0) is 30.3 Å². The molecule has 0 saturated heterocycles. The Morgan fingerprint density at radius 1 is 1.00 bits per heavy atom. The summed E-state index contributed by atoms with van der Waals surface area (Å²) in [7, 11) is -2.33. The lowest BCUT2D eigenvalue weighted by Gasteiger charge is -2.11. The van der Waals surface area contributed by atoms with Crippen LogP contribution < -0.4 is 0 Å². The first kappa shape index (κ1) is 24.0. The molecule has 0 aliphatic heterocycles. The number of hydrogen-bond acceptors (Lipinski definition) is 8. The number of rotatable bonds is 5. The van der Waals surface area contributed by atoms with Crippen molar-refractivity contribution in [2.45, 2.75) is 18.0 Å². The van der Waals surface area contributed by atoms with Crippen LogP contribution in [0.1, 0.15) is 18.1 Å². The van der Waals surface area contributed by atoms with E-state index in [0.717, 1.165) is 18.3 Å². The molecule has 0 N–H and O–H groups in total. The fraction of sp³-hybridized carbons (Fsp3) is 0.182. The average Bonchev–Trinajstić information content (AvgIpc) is 3.24. The number of nitrogens with zero attached hydrogens (tertiary/aromatic N) is 7. The molecular weight excluding hydrogens is 483 g/mol. The quantitative estimate of drug-likeness (QED) is 0.407. The largest absolute Gasteiger partial charge is 0.416 e. The molecule has 0 radical (unpaired) electrons. The van der Waals surface area contributed by atoms with Gasteiger partial charge in [0.25, 0.3) is 0 Å². The summed E-state index contributed by atoms with van der Waals surface area (Å²) in [6, 6.07) is 8.14. The predicted octanol–water partition coefficient (Wildman–Crippen LogP) is 3.69. The normalized spacial score (nSPS) is 11.9. The molecule has 0 amide bonds. The highest BCUT2D eigenvalue weighted by Crippen LogP contribution is 2.33. The highest BCUT2D eigenvalue weighted by molar-refractivity contribution is 7.91. The van der Waals surface area contributed by atoms with Gasteiger partial charge in [-0.15, -0.1) is 10.2 Å².